The molecular weight excluding hydrogens is 282 g/mol. The number of benzene rings is 1. The minimum Gasteiger partial charge on any atom is -0.465 e. The predicted octanol–water partition coefficient (Wildman–Crippen LogP) is 2.84. The normalized spacial score (nSPS) is 15.6. The van der Waals surface area contributed by atoms with E-state index >= 15 is 0 Å². The highest BCUT2D eigenvalue weighted by Crippen LogP contribution is 2.43. The van der Waals surface area contributed by atoms with E-state index in [4.69, 9.17) is 9.47 Å². The smallest absolute Gasteiger partial charge is 0.339 e. The standard InChI is InChI=1S/C17H17NO4/c1-8-5-9(2)15-12(6-8)14-13(17(20)22-15)7-11(10(3)18-14)16(19)21-4/h5-7,17,20H,1-4H3/t17-/m1/s1. The third-order valence-electron chi connectivity index (χ3n) is 3.82. The number of esters is 1. The highest BCUT2D eigenvalue weighted by Gasteiger charge is 2.29. The molecule has 0 bridgehead atoms. The number of pyridine rings is 1. The molecule has 0 spiro atoms. The van der Waals surface area contributed by atoms with Crippen molar-refractivity contribution in [3.05, 3.63) is 46.1 Å². The zero-order valence-corrected chi connectivity index (χ0v) is 12.9. The number of carbonyl (C=O) groups excluding carboxylic acids is 1. The van der Waals surface area contributed by atoms with Gasteiger partial charge in [0.15, 0.2) is 0 Å². The number of aliphatic hydroxyl groups excluding tert-OH is 1. The summed E-state index contributed by atoms with van der Waals surface area (Å²) < 4.78 is 10.4. The van der Waals surface area contributed by atoms with Crippen LogP contribution in [0.15, 0.2) is 18.2 Å². The minimum absolute atomic E-state index is 0.330. The van der Waals surface area contributed by atoms with Crippen LogP contribution in [0.2, 0.25) is 0 Å². The summed E-state index contributed by atoms with van der Waals surface area (Å²) in [6.45, 7) is 5.67. The summed E-state index contributed by atoms with van der Waals surface area (Å²) in [5, 5.41) is 10.3. The van der Waals surface area contributed by atoms with Gasteiger partial charge in [0.1, 0.15) is 5.75 Å². The Hall–Kier alpha value is -2.40. The second-order valence-electron chi connectivity index (χ2n) is 5.48. The Morgan fingerprint density at radius 3 is 2.68 bits per heavy atom. The highest BCUT2D eigenvalue weighted by molar-refractivity contribution is 5.91. The molecule has 0 saturated carbocycles. The molecule has 0 aliphatic carbocycles. The van der Waals surface area contributed by atoms with Crippen molar-refractivity contribution in [1.29, 1.82) is 0 Å². The van der Waals surface area contributed by atoms with Crippen molar-refractivity contribution >= 4 is 5.97 Å². The van der Waals surface area contributed by atoms with Gasteiger partial charge in [-0.1, -0.05) is 6.07 Å². The fourth-order valence-electron chi connectivity index (χ4n) is 2.80. The predicted molar refractivity (Wildman–Crippen MR) is 80.8 cm³/mol. The first-order valence-corrected chi connectivity index (χ1v) is 6.98. The number of ether oxygens (including phenoxy) is 2. The molecule has 3 rings (SSSR count). The molecule has 0 radical (unpaired) electrons. The molecule has 1 aromatic carbocycles. The summed E-state index contributed by atoms with van der Waals surface area (Å²) in [7, 11) is 1.32. The molecule has 2 aromatic rings. The van der Waals surface area contributed by atoms with Crippen LogP contribution >= 0.6 is 0 Å². The van der Waals surface area contributed by atoms with Crippen LogP contribution in [0.5, 0.6) is 5.75 Å². The lowest BCUT2D eigenvalue weighted by atomic mass is 9.95. The van der Waals surface area contributed by atoms with Gasteiger partial charge in [0.25, 0.3) is 0 Å². The van der Waals surface area contributed by atoms with Crippen LogP contribution in [-0.2, 0) is 4.74 Å². The summed E-state index contributed by atoms with van der Waals surface area (Å²) in [5.41, 5.74) is 4.86. The third-order valence-corrected chi connectivity index (χ3v) is 3.82. The lowest BCUT2D eigenvalue weighted by Gasteiger charge is -2.27. The van der Waals surface area contributed by atoms with Crippen molar-refractivity contribution in [2.45, 2.75) is 27.1 Å². The Labute approximate surface area is 128 Å². The number of hydrogen-bond acceptors (Lipinski definition) is 5. The van der Waals surface area contributed by atoms with Crippen LogP contribution in [0.4, 0.5) is 0 Å². The molecule has 1 atom stereocenters. The summed E-state index contributed by atoms with van der Waals surface area (Å²) in [6, 6.07) is 5.55. The topological polar surface area (TPSA) is 68.7 Å². The molecule has 1 aliphatic rings. The largest absolute Gasteiger partial charge is 0.465 e. The van der Waals surface area contributed by atoms with E-state index in [0.717, 1.165) is 16.7 Å². The van der Waals surface area contributed by atoms with Crippen LogP contribution in [0.25, 0.3) is 11.3 Å². The maximum Gasteiger partial charge on any atom is 0.339 e. The van der Waals surface area contributed by atoms with E-state index in [0.29, 0.717) is 28.3 Å². The van der Waals surface area contributed by atoms with Crippen molar-refractivity contribution in [2.24, 2.45) is 0 Å². The summed E-state index contributed by atoms with van der Waals surface area (Å²) in [6.07, 6.45) is -1.15. The fraction of sp³-hybridized carbons (Fsp3) is 0.294. The van der Waals surface area contributed by atoms with Gasteiger partial charge < -0.3 is 14.6 Å². The van der Waals surface area contributed by atoms with Crippen molar-refractivity contribution in [3.8, 4) is 17.0 Å². The van der Waals surface area contributed by atoms with E-state index in [1.54, 1.807) is 13.0 Å². The van der Waals surface area contributed by atoms with Crippen LogP contribution in [0, 0.1) is 20.8 Å². The van der Waals surface area contributed by atoms with Gasteiger partial charge in [-0.05, 0) is 44.0 Å². The second-order valence-corrected chi connectivity index (χ2v) is 5.48. The quantitative estimate of drug-likeness (QED) is 0.820. The van der Waals surface area contributed by atoms with Gasteiger partial charge in [0.2, 0.25) is 6.29 Å². The zero-order chi connectivity index (χ0) is 16.0. The number of fused-ring (bicyclic) bond motifs is 3. The molecule has 114 valence electrons. The maximum absolute atomic E-state index is 11.8. The number of aliphatic hydroxyl groups is 1. The van der Waals surface area contributed by atoms with Crippen LogP contribution in [0.3, 0.4) is 0 Å². The third kappa shape index (κ3) is 2.14. The molecule has 1 aromatic heterocycles. The first kappa shape index (κ1) is 14.5. The monoisotopic (exact) mass is 299 g/mol. The first-order chi connectivity index (χ1) is 10.4. The molecule has 22 heavy (non-hydrogen) atoms. The van der Waals surface area contributed by atoms with Crippen molar-refractivity contribution in [2.75, 3.05) is 7.11 Å². The van der Waals surface area contributed by atoms with E-state index in [1.807, 2.05) is 26.0 Å². The molecule has 2 heterocycles. The van der Waals surface area contributed by atoms with Crippen molar-refractivity contribution < 1.29 is 19.4 Å². The molecule has 0 saturated heterocycles. The number of methoxy groups -OCH3 is 1. The molecule has 1 aliphatic heterocycles. The number of carbonyl (C=O) groups is 1. The van der Waals surface area contributed by atoms with Crippen LogP contribution in [0.1, 0.15) is 39.0 Å². The molecule has 0 fully saturated rings. The average molecular weight is 299 g/mol. The van der Waals surface area contributed by atoms with Gasteiger partial charge in [-0.3, -0.25) is 4.98 Å². The Bertz CT molecular complexity index is 783. The lowest BCUT2D eigenvalue weighted by Crippen LogP contribution is -2.18. The SMILES string of the molecule is COC(=O)c1cc2c(nc1C)-c1cc(C)cc(C)c1O[C@H]2O. The Kier molecular flexibility index (Phi) is 3.37. The van der Waals surface area contributed by atoms with Gasteiger partial charge in [-0.2, -0.15) is 0 Å². The minimum atomic E-state index is -1.15. The average Bonchev–Trinajstić information content (AvgIpc) is 2.47. The van der Waals surface area contributed by atoms with Gasteiger partial charge in [0.05, 0.1) is 24.1 Å². The lowest BCUT2D eigenvalue weighted by molar-refractivity contribution is -0.0222. The zero-order valence-electron chi connectivity index (χ0n) is 12.9. The summed E-state index contributed by atoms with van der Waals surface area (Å²) in [4.78, 5) is 16.3. The first-order valence-electron chi connectivity index (χ1n) is 6.98. The van der Waals surface area contributed by atoms with E-state index in [2.05, 4.69) is 4.98 Å². The number of hydrogen-bond donors (Lipinski definition) is 1. The number of rotatable bonds is 1. The Morgan fingerprint density at radius 1 is 1.27 bits per heavy atom. The van der Waals surface area contributed by atoms with E-state index in [9.17, 15) is 9.90 Å². The molecule has 0 amide bonds. The van der Waals surface area contributed by atoms with Gasteiger partial charge >= 0.3 is 5.97 Å². The molecule has 1 N–H and O–H groups in total. The summed E-state index contributed by atoms with van der Waals surface area (Å²) in [5.74, 6) is 0.148. The Balaban J connectivity index is 2.27. The molecule has 5 heteroatoms. The van der Waals surface area contributed by atoms with E-state index < -0.39 is 12.3 Å². The second kappa shape index (κ2) is 5.10. The van der Waals surface area contributed by atoms with E-state index in [1.165, 1.54) is 7.11 Å². The number of nitrogens with zero attached hydrogens (tertiary/aromatic N) is 1. The molecular formula is C17H17NO4. The van der Waals surface area contributed by atoms with Gasteiger partial charge in [-0.25, -0.2) is 4.79 Å². The van der Waals surface area contributed by atoms with Crippen LogP contribution in [-0.4, -0.2) is 23.2 Å². The molecule has 0 unspecified atom stereocenters. The Morgan fingerprint density at radius 2 is 2.00 bits per heavy atom. The van der Waals surface area contributed by atoms with Gasteiger partial charge in [-0.15, -0.1) is 0 Å². The van der Waals surface area contributed by atoms with Crippen LogP contribution < -0.4 is 4.74 Å². The highest BCUT2D eigenvalue weighted by atomic mass is 16.6. The van der Waals surface area contributed by atoms with Crippen molar-refractivity contribution in [1.82, 2.24) is 4.98 Å². The fourth-order valence-corrected chi connectivity index (χ4v) is 2.80. The van der Waals surface area contributed by atoms with Crippen molar-refractivity contribution in [3.63, 3.8) is 0 Å². The van der Waals surface area contributed by atoms with Gasteiger partial charge in [0, 0.05) is 11.1 Å². The maximum atomic E-state index is 11.8. The number of aromatic nitrogens is 1. The number of aryl methyl sites for hydroxylation is 3. The van der Waals surface area contributed by atoms with E-state index in [-0.39, 0.29) is 0 Å². The molecule has 5 nitrogen and oxygen atoms in total. The summed E-state index contributed by atoms with van der Waals surface area (Å²) >= 11 is 0.